The van der Waals surface area contributed by atoms with Gasteiger partial charge in [0.05, 0.1) is 6.04 Å². The Balaban J connectivity index is 2.04. The molecule has 0 saturated carbocycles. The summed E-state index contributed by atoms with van der Waals surface area (Å²) < 4.78 is 1.38. The summed E-state index contributed by atoms with van der Waals surface area (Å²) in [7, 11) is 1.73. The van der Waals surface area contributed by atoms with Gasteiger partial charge in [-0.15, -0.1) is 5.10 Å². The highest BCUT2D eigenvalue weighted by atomic mass is 16.3. The average Bonchev–Trinajstić information content (AvgIpc) is 2.90. The van der Waals surface area contributed by atoms with Crippen LogP contribution in [0, 0.1) is 0 Å². The second kappa shape index (κ2) is 5.47. The predicted octanol–water partition coefficient (Wildman–Crippen LogP) is 0.598. The van der Waals surface area contributed by atoms with E-state index in [1.54, 1.807) is 36.2 Å². The maximum Gasteiger partial charge on any atom is 0.244 e. The lowest BCUT2D eigenvalue weighted by molar-refractivity contribution is -0.132. The van der Waals surface area contributed by atoms with Crippen LogP contribution in [0.5, 0.6) is 5.75 Å². The van der Waals surface area contributed by atoms with Crippen molar-refractivity contribution in [2.75, 3.05) is 7.05 Å². The number of amides is 1. The molecule has 2 aromatic rings. The van der Waals surface area contributed by atoms with Gasteiger partial charge in [-0.1, -0.05) is 12.1 Å². The predicted molar refractivity (Wildman–Crippen MR) is 67.1 cm³/mol. The van der Waals surface area contributed by atoms with Crippen molar-refractivity contribution in [1.29, 1.82) is 0 Å². The molecule has 1 aromatic carbocycles. The van der Waals surface area contributed by atoms with E-state index in [0.29, 0.717) is 0 Å². The maximum atomic E-state index is 12.1. The Morgan fingerprint density at radius 3 is 2.68 bits per heavy atom. The molecule has 0 bridgehead atoms. The molecule has 0 aliphatic rings. The fourth-order valence-electron chi connectivity index (χ4n) is 1.70. The Labute approximate surface area is 110 Å². The van der Waals surface area contributed by atoms with Crippen molar-refractivity contribution in [2.24, 2.45) is 0 Å². The quantitative estimate of drug-likeness (QED) is 0.871. The molecule has 1 amide bonds. The van der Waals surface area contributed by atoms with Crippen molar-refractivity contribution in [1.82, 2.24) is 25.1 Å². The van der Waals surface area contributed by atoms with Crippen LogP contribution in [0.4, 0.5) is 0 Å². The summed E-state index contributed by atoms with van der Waals surface area (Å²) in [5.74, 6) is 0.117. The number of carbonyl (C=O) groups excluding carboxylic acids is 1. The number of benzene rings is 1. The van der Waals surface area contributed by atoms with E-state index in [1.165, 1.54) is 11.0 Å². The number of hydrogen-bond donors (Lipinski definition) is 1. The van der Waals surface area contributed by atoms with E-state index in [2.05, 4.69) is 15.5 Å². The van der Waals surface area contributed by atoms with Crippen molar-refractivity contribution >= 4 is 5.91 Å². The van der Waals surface area contributed by atoms with E-state index in [-0.39, 0.29) is 24.2 Å². The fourth-order valence-corrected chi connectivity index (χ4v) is 1.70. The van der Waals surface area contributed by atoms with Crippen LogP contribution in [0.1, 0.15) is 18.5 Å². The minimum Gasteiger partial charge on any atom is -0.508 e. The Morgan fingerprint density at radius 2 is 2.11 bits per heavy atom. The van der Waals surface area contributed by atoms with E-state index in [1.807, 2.05) is 6.92 Å². The molecule has 0 radical (unpaired) electrons. The third kappa shape index (κ3) is 3.06. The summed E-state index contributed by atoms with van der Waals surface area (Å²) in [4.78, 5) is 13.7. The lowest BCUT2D eigenvalue weighted by atomic mass is 10.1. The summed E-state index contributed by atoms with van der Waals surface area (Å²) >= 11 is 0. The smallest absolute Gasteiger partial charge is 0.244 e. The van der Waals surface area contributed by atoms with Crippen molar-refractivity contribution in [3.63, 3.8) is 0 Å². The van der Waals surface area contributed by atoms with Gasteiger partial charge in [-0.3, -0.25) is 4.79 Å². The molecule has 1 atom stereocenters. The molecule has 2 rings (SSSR count). The monoisotopic (exact) mass is 261 g/mol. The molecule has 1 unspecified atom stereocenters. The first-order valence-corrected chi connectivity index (χ1v) is 5.83. The van der Waals surface area contributed by atoms with E-state index >= 15 is 0 Å². The van der Waals surface area contributed by atoms with Gasteiger partial charge in [-0.25, -0.2) is 4.68 Å². The molecule has 0 fully saturated rings. The molecule has 7 heteroatoms. The summed E-state index contributed by atoms with van der Waals surface area (Å²) in [5, 5.41) is 19.9. The Hall–Kier alpha value is -2.44. The van der Waals surface area contributed by atoms with Crippen LogP contribution < -0.4 is 0 Å². The third-order valence-corrected chi connectivity index (χ3v) is 3.04. The van der Waals surface area contributed by atoms with Crippen LogP contribution in [-0.4, -0.2) is 43.2 Å². The molecule has 0 aliphatic carbocycles. The molecule has 1 aromatic heterocycles. The second-order valence-electron chi connectivity index (χ2n) is 4.28. The zero-order valence-electron chi connectivity index (χ0n) is 10.8. The number of carbonyl (C=O) groups is 1. The first-order chi connectivity index (χ1) is 9.08. The van der Waals surface area contributed by atoms with Crippen LogP contribution in [0.15, 0.2) is 30.6 Å². The van der Waals surface area contributed by atoms with Gasteiger partial charge in [0, 0.05) is 7.05 Å². The number of hydrogen-bond acceptors (Lipinski definition) is 5. The zero-order valence-corrected chi connectivity index (χ0v) is 10.8. The Morgan fingerprint density at radius 1 is 1.42 bits per heavy atom. The fraction of sp³-hybridized carbons (Fsp3) is 0.333. The second-order valence-corrected chi connectivity index (χ2v) is 4.28. The molecule has 7 nitrogen and oxygen atoms in total. The van der Waals surface area contributed by atoms with E-state index in [9.17, 15) is 9.90 Å². The molecule has 1 heterocycles. The van der Waals surface area contributed by atoms with E-state index < -0.39 is 0 Å². The van der Waals surface area contributed by atoms with Crippen LogP contribution in [0.2, 0.25) is 0 Å². The van der Waals surface area contributed by atoms with Crippen molar-refractivity contribution in [2.45, 2.75) is 19.5 Å². The number of phenolic OH excluding ortho intramolecular Hbond substituents is 1. The largest absolute Gasteiger partial charge is 0.508 e. The lowest BCUT2D eigenvalue weighted by Crippen LogP contribution is -2.32. The molecular weight excluding hydrogens is 246 g/mol. The molecule has 19 heavy (non-hydrogen) atoms. The van der Waals surface area contributed by atoms with Gasteiger partial charge in [0.25, 0.3) is 0 Å². The maximum absolute atomic E-state index is 12.1. The number of nitrogens with zero attached hydrogens (tertiary/aromatic N) is 5. The Bertz CT molecular complexity index is 538. The molecule has 0 spiro atoms. The number of aromatic hydroxyl groups is 1. The van der Waals surface area contributed by atoms with E-state index in [4.69, 9.17) is 0 Å². The first kappa shape index (κ1) is 13.0. The van der Waals surface area contributed by atoms with Crippen LogP contribution in [0.25, 0.3) is 0 Å². The summed E-state index contributed by atoms with van der Waals surface area (Å²) in [6.07, 6.45) is 1.40. The number of tetrazole rings is 1. The number of likely N-dealkylation sites (N-methyl/N-ethyl adjacent to an activating group) is 1. The summed E-state index contributed by atoms with van der Waals surface area (Å²) in [6, 6.07) is 6.70. The molecular formula is C12H15N5O2. The van der Waals surface area contributed by atoms with E-state index in [0.717, 1.165) is 5.56 Å². The Kier molecular flexibility index (Phi) is 3.74. The minimum absolute atomic E-state index is 0.0899. The zero-order chi connectivity index (χ0) is 13.8. The summed E-state index contributed by atoms with van der Waals surface area (Å²) in [5.41, 5.74) is 0.949. The normalized spacial score (nSPS) is 12.1. The topological polar surface area (TPSA) is 84.1 Å². The minimum atomic E-state index is -0.0930. The highest BCUT2D eigenvalue weighted by Gasteiger charge is 2.18. The average molecular weight is 261 g/mol. The summed E-state index contributed by atoms with van der Waals surface area (Å²) in [6.45, 7) is 2.02. The van der Waals surface area contributed by atoms with Gasteiger partial charge in [-0.2, -0.15) is 0 Å². The lowest BCUT2D eigenvalue weighted by Gasteiger charge is -2.25. The van der Waals surface area contributed by atoms with Crippen molar-refractivity contribution in [3.05, 3.63) is 36.2 Å². The number of phenols is 1. The number of rotatable bonds is 4. The molecule has 0 aliphatic heterocycles. The highest BCUT2D eigenvalue weighted by Crippen LogP contribution is 2.21. The highest BCUT2D eigenvalue weighted by molar-refractivity contribution is 5.76. The molecule has 0 saturated heterocycles. The van der Waals surface area contributed by atoms with Crippen molar-refractivity contribution < 1.29 is 9.90 Å². The van der Waals surface area contributed by atoms with Crippen LogP contribution >= 0.6 is 0 Å². The van der Waals surface area contributed by atoms with Gasteiger partial charge in [0.1, 0.15) is 18.6 Å². The SMILES string of the molecule is CC(c1ccc(O)cc1)N(C)C(=O)Cn1cnnn1. The number of aromatic nitrogens is 4. The van der Waals surface area contributed by atoms with Gasteiger partial charge < -0.3 is 10.0 Å². The molecule has 1 N–H and O–H groups in total. The standard InChI is InChI=1S/C12H15N5O2/c1-9(10-3-5-11(18)6-4-10)16(2)12(19)7-17-8-13-14-15-17/h3-6,8-9,18H,7H2,1-2H3. The third-order valence-electron chi connectivity index (χ3n) is 3.04. The van der Waals surface area contributed by atoms with Gasteiger partial charge in [-0.05, 0) is 35.0 Å². The van der Waals surface area contributed by atoms with Gasteiger partial charge in [0.2, 0.25) is 5.91 Å². The molecule has 100 valence electrons. The van der Waals surface area contributed by atoms with Gasteiger partial charge in [0.15, 0.2) is 0 Å². The van der Waals surface area contributed by atoms with Crippen molar-refractivity contribution in [3.8, 4) is 5.75 Å². The van der Waals surface area contributed by atoms with Gasteiger partial charge >= 0.3 is 0 Å². The van der Waals surface area contributed by atoms with Crippen LogP contribution in [0.3, 0.4) is 0 Å². The van der Waals surface area contributed by atoms with Crippen LogP contribution in [-0.2, 0) is 11.3 Å². The first-order valence-electron chi connectivity index (χ1n) is 5.83.